The molecule has 4 aliphatic rings. The second-order valence-electron chi connectivity index (χ2n) is 13.3. The predicted molar refractivity (Wildman–Crippen MR) is 133 cm³/mol. The van der Waals surface area contributed by atoms with Crippen molar-refractivity contribution < 1.29 is 5.11 Å². The third-order valence-corrected chi connectivity index (χ3v) is 11.8. The molecule has 4 aliphatic carbocycles. The van der Waals surface area contributed by atoms with E-state index in [1.165, 1.54) is 57.8 Å². The van der Waals surface area contributed by atoms with E-state index in [1.54, 1.807) is 0 Å². The van der Waals surface area contributed by atoms with Crippen LogP contribution in [0.25, 0.3) is 0 Å². The van der Waals surface area contributed by atoms with Gasteiger partial charge in [0.2, 0.25) is 0 Å². The van der Waals surface area contributed by atoms with E-state index in [1.807, 2.05) is 5.57 Å². The lowest BCUT2D eigenvalue weighted by atomic mass is 9.46. The van der Waals surface area contributed by atoms with Crippen LogP contribution in [0.15, 0.2) is 11.6 Å². The van der Waals surface area contributed by atoms with Crippen molar-refractivity contribution in [3.8, 4) is 0 Å². The molecule has 178 valence electrons. The van der Waals surface area contributed by atoms with Gasteiger partial charge in [0.15, 0.2) is 0 Å². The summed E-state index contributed by atoms with van der Waals surface area (Å²) < 4.78 is 0. The Hall–Kier alpha value is -0.300. The van der Waals surface area contributed by atoms with Crippen LogP contribution in [-0.2, 0) is 0 Å². The van der Waals surface area contributed by atoms with E-state index >= 15 is 0 Å². The highest BCUT2D eigenvalue weighted by atomic mass is 16.3. The first-order chi connectivity index (χ1) is 14.6. The molecule has 2 unspecified atom stereocenters. The summed E-state index contributed by atoms with van der Waals surface area (Å²) in [6.45, 7) is 17.4. The van der Waals surface area contributed by atoms with E-state index in [0.717, 1.165) is 41.9 Å². The summed E-state index contributed by atoms with van der Waals surface area (Å²) in [6, 6.07) is 0. The van der Waals surface area contributed by atoms with Gasteiger partial charge < -0.3 is 5.11 Å². The Kier molecular flexibility index (Phi) is 6.78. The van der Waals surface area contributed by atoms with Gasteiger partial charge in [-0.2, -0.15) is 0 Å². The van der Waals surface area contributed by atoms with E-state index in [2.05, 4.69) is 54.5 Å². The predicted octanol–water partition coefficient (Wildman–Crippen LogP) is 8.27. The minimum Gasteiger partial charge on any atom is -0.393 e. The van der Waals surface area contributed by atoms with Gasteiger partial charge in [0, 0.05) is 0 Å². The third kappa shape index (κ3) is 3.87. The normalized spacial score (nSPS) is 46.7. The molecule has 0 aliphatic heterocycles. The number of hydrogen-bond donors (Lipinski definition) is 1. The summed E-state index contributed by atoms with van der Waals surface area (Å²) in [5, 5.41) is 10.5. The van der Waals surface area contributed by atoms with Crippen LogP contribution in [0.2, 0.25) is 0 Å². The summed E-state index contributed by atoms with van der Waals surface area (Å²) in [6.07, 6.45) is 16.1. The molecule has 0 spiro atoms. The molecule has 31 heavy (non-hydrogen) atoms. The molecule has 1 N–H and O–H groups in total. The van der Waals surface area contributed by atoms with Gasteiger partial charge >= 0.3 is 0 Å². The number of fused-ring (bicyclic) bond motifs is 5. The Balaban J connectivity index is 1.50. The van der Waals surface area contributed by atoms with Gasteiger partial charge in [-0.05, 0) is 110 Å². The number of allylic oxidation sites excluding steroid dienone is 2. The number of aliphatic hydroxyl groups is 1. The molecule has 3 saturated carbocycles. The van der Waals surface area contributed by atoms with Gasteiger partial charge in [0.1, 0.15) is 0 Å². The lowest BCUT2D eigenvalue weighted by Crippen LogP contribution is -2.52. The first kappa shape index (κ1) is 23.8. The van der Waals surface area contributed by atoms with Gasteiger partial charge in [-0.15, -0.1) is 0 Å². The van der Waals surface area contributed by atoms with E-state index in [0.29, 0.717) is 22.7 Å². The van der Waals surface area contributed by atoms with Crippen LogP contribution in [0.5, 0.6) is 0 Å². The molecule has 3 fully saturated rings. The van der Waals surface area contributed by atoms with Crippen LogP contribution >= 0.6 is 0 Å². The van der Waals surface area contributed by atoms with Gasteiger partial charge in [0.05, 0.1) is 6.10 Å². The van der Waals surface area contributed by atoms with E-state index in [9.17, 15) is 5.11 Å². The first-order valence-corrected chi connectivity index (χ1v) is 14.0. The molecule has 0 aromatic heterocycles. The Labute approximate surface area is 193 Å². The maximum atomic E-state index is 10.5. The van der Waals surface area contributed by atoms with Crippen molar-refractivity contribution in [2.75, 3.05) is 0 Å². The third-order valence-electron chi connectivity index (χ3n) is 11.8. The zero-order valence-corrected chi connectivity index (χ0v) is 21.8. The van der Waals surface area contributed by atoms with E-state index < -0.39 is 0 Å². The molecule has 0 saturated heterocycles. The summed E-state index contributed by atoms with van der Waals surface area (Å²) in [5.41, 5.74) is 2.84. The molecule has 10 atom stereocenters. The molecule has 0 bridgehead atoms. The maximum absolute atomic E-state index is 10.5. The van der Waals surface area contributed by atoms with Crippen molar-refractivity contribution in [1.29, 1.82) is 0 Å². The molecular formula is C30H52O. The zero-order chi connectivity index (χ0) is 22.6. The molecule has 0 heterocycles. The maximum Gasteiger partial charge on any atom is 0.0568 e. The fraction of sp³-hybridized carbons (Fsp3) is 0.933. The average Bonchev–Trinajstić information content (AvgIpc) is 3.08. The molecule has 0 radical (unpaired) electrons. The monoisotopic (exact) mass is 428 g/mol. The molecule has 1 heteroatoms. The highest BCUT2D eigenvalue weighted by molar-refractivity contribution is 5.28. The van der Waals surface area contributed by atoms with Crippen molar-refractivity contribution in [2.24, 2.45) is 58.2 Å². The number of aliphatic hydroxyl groups excluding tert-OH is 1. The van der Waals surface area contributed by atoms with Crippen molar-refractivity contribution in [2.45, 2.75) is 119 Å². The minimum atomic E-state index is -0.0728. The molecule has 0 aromatic rings. The lowest BCUT2D eigenvalue weighted by Gasteiger charge is -2.59. The smallest absolute Gasteiger partial charge is 0.0568 e. The molecule has 1 nitrogen and oxygen atoms in total. The second-order valence-corrected chi connectivity index (χ2v) is 13.3. The molecular weight excluding hydrogens is 376 g/mol. The second kappa shape index (κ2) is 8.81. The fourth-order valence-corrected chi connectivity index (χ4v) is 9.61. The van der Waals surface area contributed by atoms with Crippen molar-refractivity contribution in [1.82, 2.24) is 0 Å². The SMILES string of the molecule is CCC(CC[C@@H](C)[C@H]1CC[C@H]2C3=CC[C@H]4C(C)[C@@H](O)CC[C@]4(C)[C@H]3CC[C@]12C)C(C)C. The van der Waals surface area contributed by atoms with Gasteiger partial charge in [-0.25, -0.2) is 0 Å². The Morgan fingerprint density at radius 2 is 1.65 bits per heavy atom. The number of rotatable bonds is 6. The summed E-state index contributed by atoms with van der Waals surface area (Å²) in [5.74, 6) is 6.31. The van der Waals surface area contributed by atoms with Gasteiger partial charge in [-0.3, -0.25) is 0 Å². The summed E-state index contributed by atoms with van der Waals surface area (Å²) in [4.78, 5) is 0. The van der Waals surface area contributed by atoms with Crippen molar-refractivity contribution >= 4 is 0 Å². The molecule has 4 rings (SSSR count). The average molecular weight is 429 g/mol. The molecule has 0 amide bonds. The first-order valence-electron chi connectivity index (χ1n) is 14.0. The Bertz CT molecular complexity index is 663. The van der Waals surface area contributed by atoms with Crippen LogP contribution in [-0.4, -0.2) is 11.2 Å². The van der Waals surface area contributed by atoms with Gasteiger partial charge in [-0.1, -0.05) is 73.0 Å². The standard InChI is InChI=1S/C30H52O/c1-8-22(19(2)3)10-9-20(4)24-13-14-26-23-11-12-25-21(5)28(31)16-18-30(25,7)27(23)15-17-29(24,26)6/h11,19-22,24-28,31H,8-10,12-18H2,1-7H3/t20-,21?,22?,24-,25+,26+,27+,28+,29-,30+/m1/s1. The van der Waals surface area contributed by atoms with Crippen molar-refractivity contribution in [3.63, 3.8) is 0 Å². The Morgan fingerprint density at radius 1 is 0.968 bits per heavy atom. The topological polar surface area (TPSA) is 20.2 Å². The quantitative estimate of drug-likeness (QED) is 0.422. The van der Waals surface area contributed by atoms with Crippen LogP contribution in [0, 0.1) is 58.2 Å². The van der Waals surface area contributed by atoms with Gasteiger partial charge in [0.25, 0.3) is 0 Å². The highest BCUT2D eigenvalue weighted by Crippen LogP contribution is 2.67. The summed E-state index contributed by atoms with van der Waals surface area (Å²) in [7, 11) is 0. The fourth-order valence-electron chi connectivity index (χ4n) is 9.61. The van der Waals surface area contributed by atoms with E-state index in [4.69, 9.17) is 0 Å². The minimum absolute atomic E-state index is 0.0728. The number of hydrogen-bond acceptors (Lipinski definition) is 1. The molecule has 0 aromatic carbocycles. The zero-order valence-electron chi connectivity index (χ0n) is 21.8. The van der Waals surface area contributed by atoms with Crippen LogP contribution < -0.4 is 0 Å². The van der Waals surface area contributed by atoms with Crippen LogP contribution in [0.1, 0.15) is 113 Å². The van der Waals surface area contributed by atoms with E-state index in [-0.39, 0.29) is 6.10 Å². The highest BCUT2D eigenvalue weighted by Gasteiger charge is 2.59. The lowest BCUT2D eigenvalue weighted by molar-refractivity contribution is -0.0774. The van der Waals surface area contributed by atoms with Crippen LogP contribution in [0.4, 0.5) is 0 Å². The van der Waals surface area contributed by atoms with Crippen molar-refractivity contribution in [3.05, 3.63) is 11.6 Å². The largest absolute Gasteiger partial charge is 0.393 e. The Morgan fingerprint density at radius 3 is 2.32 bits per heavy atom. The summed E-state index contributed by atoms with van der Waals surface area (Å²) >= 11 is 0. The van der Waals surface area contributed by atoms with Crippen LogP contribution in [0.3, 0.4) is 0 Å².